The molecule has 1 aromatic carbocycles. The van der Waals surface area contributed by atoms with E-state index in [2.05, 4.69) is 16.9 Å². The molecule has 2 aromatic heterocycles. The zero-order valence-corrected chi connectivity index (χ0v) is 18.6. The third-order valence-corrected chi connectivity index (χ3v) is 6.41. The predicted octanol–water partition coefficient (Wildman–Crippen LogP) is 4.85. The number of carbonyl (C=O) groups excluding carboxylic acids is 2. The number of aromatic nitrogens is 2. The molecule has 1 aliphatic carbocycles. The number of esters is 1. The van der Waals surface area contributed by atoms with Crippen molar-refractivity contribution in [3.8, 4) is 0 Å². The molecule has 0 bridgehead atoms. The Morgan fingerprint density at radius 1 is 1.16 bits per heavy atom. The van der Waals surface area contributed by atoms with Gasteiger partial charge in [0, 0.05) is 22.7 Å². The fourth-order valence-corrected chi connectivity index (χ4v) is 4.13. The maximum atomic E-state index is 13.8. The lowest BCUT2D eigenvalue weighted by atomic mass is 9.97. The summed E-state index contributed by atoms with van der Waals surface area (Å²) >= 11 is 7.26. The van der Waals surface area contributed by atoms with Crippen LogP contribution in [0.25, 0.3) is 0 Å². The van der Waals surface area contributed by atoms with E-state index in [0.29, 0.717) is 22.5 Å². The Bertz CT molecular complexity index is 1050. The second kappa shape index (κ2) is 9.16. The summed E-state index contributed by atoms with van der Waals surface area (Å²) in [4.78, 5) is 37.6. The normalized spacial score (nSPS) is 15.2. The van der Waals surface area contributed by atoms with Crippen LogP contribution >= 0.6 is 22.9 Å². The van der Waals surface area contributed by atoms with Gasteiger partial charge < -0.3 is 4.74 Å². The number of benzene rings is 1. The number of halogens is 1. The first-order valence-corrected chi connectivity index (χ1v) is 11.2. The molecule has 4 rings (SSSR count). The minimum Gasteiger partial charge on any atom is -0.464 e. The molecule has 8 heteroatoms. The van der Waals surface area contributed by atoms with E-state index in [4.69, 9.17) is 16.3 Å². The van der Waals surface area contributed by atoms with E-state index in [1.165, 1.54) is 16.2 Å². The minimum absolute atomic E-state index is 0.0278. The van der Waals surface area contributed by atoms with Gasteiger partial charge in [-0.15, -0.1) is 11.3 Å². The highest BCUT2D eigenvalue weighted by atomic mass is 35.5. The van der Waals surface area contributed by atoms with E-state index >= 15 is 0 Å². The Kier molecular flexibility index (Phi) is 6.34. The summed E-state index contributed by atoms with van der Waals surface area (Å²) in [6.07, 6.45) is 5.28. The summed E-state index contributed by atoms with van der Waals surface area (Å²) in [5, 5.41) is 0. The van der Waals surface area contributed by atoms with E-state index in [-0.39, 0.29) is 12.0 Å². The molecule has 0 N–H and O–H groups in total. The first-order chi connectivity index (χ1) is 15.0. The van der Waals surface area contributed by atoms with Crippen LogP contribution in [0.2, 0.25) is 4.47 Å². The lowest BCUT2D eigenvalue weighted by Gasteiger charge is -2.26. The van der Waals surface area contributed by atoms with Crippen LogP contribution in [0.15, 0.2) is 60.9 Å². The van der Waals surface area contributed by atoms with Crippen molar-refractivity contribution < 1.29 is 14.3 Å². The molecular formula is C23H22ClN3O3S. The van der Waals surface area contributed by atoms with Gasteiger partial charge in [0.05, 0.1) is 13.2 Å². The van der Waals surface area contributed by atoms with Gasteiger partial charge in [0.1, 0.15) is 5.82 Å². The maximum absolute atomic E-state index is 13.8. The third kappa shape index (κ3) is 5.29. The van der Waals surface area contributed by atoms with Crippen molar-refractivity contribution in [1.29, 1.82) is 0 Å². The highest BCUT2D eigenvalue weighted by Gasteiger charge is 2.41. The summed E-state index contributed by atoms with van der Waals surface area (Å²) in [7, 11) is 0. The number of carbonyl (C=O) groups is 2. The molecule has 1 fully saturated rings. The monoisotopic (exact) mass is 455 g/mol. The van der Waals surface area contributed by atoms with Crippen LogP contribution < -0.4 is 4.90 Å². The highest BCUT2D eigenvalue weighted by molar-refractivity contribution is 7.15. The van der Waals surface area contributed by atoms with Crippen LogP contribution in [0.4, 0.5) is 5.82 Å². The zero-order chi connectivity index (χ0) is 21.8. The van der Waals surface area contributed by atoms with Gasteiger partial charge in [-0.2, -0.15) is 0 Å². The standard InChI is InChI=1S/C23H22ClN3O3S/c1-23(10-11-23)15-30-21(29)19(16-7-3-2-4-8-16)20(28)27(18-9-5-6-12-25-18)14-17-13-26-22(24)31-17/h2-9,12-13,19H,10-11,14-15H2,1H3. The smallest absolute Gasteiger partial charge is 0.323 e. The number of hydrogen-bond donors (Lipinski definition) is 0. The quantitative estimate of drug-likeness (QED) is 0.358. The van der Waals surface area contributed by atoms with Crippen LogP contribution in [0.1, 0.15) is 36.1 Å². The van der Waals surface area contributed by atoms with E-state index in [0.717, 1.165) is 17.7 Å². The summed E-state index contributed by atoms with van der Waals surface area (Å²) in [6.45, 7) is 2.60. The number of hydrogen-bond acceptors (Lipinski definition) is 6. The lowest BCUT2D eigenvalue weighted by molar-refractivity contribution is -0.149. The van der Waals surface area contributed by atoms with Crippen LogP contribution in [0.5, 0.6) is 0 Å². The van der Waals surface area contributed by atoms with Gasteiger partial charge in [-0.25, -0.2) is 9.97 Å². The fraction of sp³-hybridized carbons (Fsp3) is 0.304. The van der Waals surface area contributed by atoms with Crippen molar-refractivity contribution in [3.63, 3.8) is 0 Å². The van der Waals surface area contributed by atoms with Crippen molar-refractivity contribution in [2.75, 3.05) is 11.5 Å². The molecule has 3 aromatic rings. The summed E-state index contributed by atoms with van der Waals surface area (Å²) < 4.78 is 6.00. The molecule has 0 radical (unpaired) electrons. The summed E-state index contributed by atoms with van der Waals surface area (Å²) in [6, 6.07) is 14.3. The van der Waals surface area contributed by atoms with Crippen molar-refractivity contribution in [3.05, 3.63) is 75.8 Å². The molecule has 0 saturated heterocycles. The number of amides is 1. The molecule has 0 aliphatic heterocycles. The van der Waals surface area contributed by atoms with Crippen LogP contribution in [-0.2, 0) is 20.9 Å². The van der Waals surface area contributed by atoms with E-state index in [1.54, 1.807) is 54.9 Å². The van der Waals surface area contributed by atoms with E-state index < -0.39 is 17.8 Å². The van der Waals surface area contributed by atoms with Crippen LogP contribution in [-0.4, -0.2) is 28.5 Å². The van der Waals surface area contributed by atoms with Crippen molar-refractivity contribution in [2.24, 2.45) is 5.41 Å². The maximum Gasteiger partial charge on any atom is 0.323 e. The van der Waals surface area contributed by atoms with Gasteiger partial charge in [-0.3, -0.25) is 14.5 Å². The average Bonchev–Trinajstić information content (AvgIpc) is 3.38. The topological polar surface area (TPSA) is 72.4 Å². The predicted molar refractivity (Wildman–Crippen MR) is 120 cm³/mol. The first-order valence-electron chi connectivity index (χ1n) is 9.99. The Labute approximate surface area is 189 Å². The Balaban J connectivity index is 1.66. The minimum atomic E-state index is -1.09. The Morgan fingerprint density at radius 3 is 2.52 bits per heavy atom. The SMILES string of the molecule is CC1(COC(=O)C(C(=O)N(Cc2cnc(Cl)s2)c2ccccn2)c2ccccc2)CC1. The molecular weight excluding hydrogens is 434 g/mol. The molecule has 31 heavy (non-hydrogen) atoms. The molecule has 1 atom stereocenters. The molecule has 1 amide bonds. The van der Waals surface area contributed by atoms with Crippen molar-refractivity contribution >= 4 is 40.6 Å². The Hall–Kier alpha value is -2.77. The second-order valence-electron chi connectivity index (χ2n) is 7.95. The number of pyridine rings is 1. The van der Waals surface area contributed by atoms with Gasteiger partial charge in [-0.05, 0) is 30.5 Å². The van der Waals surface area contributed by atoms with Gasteiger partial charge in [0.25, 0.3) is 0 Å². The van der Waals surface area contributed by atoms with Crippen molar-refractivity contribution in [1.82, 2.24) is 9.97 Å². The van der Waals surface area contributed by atoms with Gasteiger partial charge in [0.2, 0.25) is 5.91 Å². The molecule has 0 spiro atoms. The molecule has 160 valence electrons. The molecule has 2 heterocycles. The average molecular weight is 456 g/mol. The molecule has 1 aliphatic rings. The first kappa shape index (κ1) is 21.5. The van der Waals surface area contributed by atoms with E-state index in [9.17, 15) is 9.59 Å². The summed E-state index contributed by atoms with van der Waals surface area (Å²) in [5.41, 5.74) is 0.613. The number of rotatable bonds is 8. The van der Waals surface area contributed by atoms with Crippen molar-refractivity contribution in [2.45, 2.75) is 32.2 Å². The number of thiazole rings is 1. The highest BCUT2D eigenvalue weighted by Crippen LogP contribution is 2.45. The Morgan fingerprint density at radius 2 is 1.90 bits per heavy atom. The molecule has 1 saturated carbocycles. The second-order valence-corrected chi connectivity index (χ2v) is 9.65. The zero-order valence-electron chi connectivity index (χ0n) is 17.0. The van der Waals surface area contributed by atoms with Gasteiger partial charge in [0.15, 0.2) is 10.4 Å². The van der Waals surface area contributed by atoms with E-state index in [1.807, 2.05) is 6.07 Å². The largest absolute Gasteiger partial charge is 0.464 e. The van der Waals surface area contributed by atoms with Crippen LogP contribution in [0, 0.1) is 5.41 Å². The van der Waals surface area contributed by atoms with Crippen LogP contribution in [0.3, 0.4) is 0 Å². The fourth-order valence-electron chi connectivity index (χ4n) is 3.17. The van der Waals surface area contributed by atoms with Gasteiger partial charge in [-0.1, -0.05) is 54.9 Å². The number of ether oxygens (including phenoxy) is 1. The lowest BCUT2D eigenvalue weighted by Crippen LogP contribution is -2.39. The number of nitrogens with zero attached hydrogens (tertiary/aromatic N) is 3. The molecule has 1 unspecified atom stereocenters. The van der Waals surface area contributed by atoms with Gasteiger partial charge >= 0.3 is 5.97 Å². The summed E-state index contributed by atoms with van der Waals surface area (Å²) in [5.74, 6) is -1.60. The third-order valence-electron chi connectivity index (χ3n) is 5.31. The molecule has 6 nitrogen and oxygen atoms in total. The number of anilines is 1.